The monoisotopic (exact) mass is 213 g/mol. The van der Waals surface area contributed by atoms with Gasteiger partial charge in [-0.1, -0.05) is 13.3 Å². The third kappa shape index (κ3) is 2.13. The van der Waals surface area contributed by atoms with Crippen molar-refractivity contribution >= 4 is 11.9 Å². The highest BCUT2D eigenvalue weighted by Crippen LogP contribution is 2.41. The number of hydrogen-bond acceptors (Lipinski definition) is 2. The van der Waals surface area contributed by atoms with E-state index < -0.39 is 11.4 Å². The molecule has 0 aromatic rings. The molecule has 1 fully saturated rings. The normalized spacial score (nSPS) is 19.1. The molecule has 0 spiro atoms. The van der Waals surface area contributed by atoms with Gasteiger partial charge in [-0.05, 0) is 33.1 Å². The molecule has 0 unspecified atom stereocenters. The van der Waals surface area contributed by atoms with Gasteiger partial charge in [0, 0.05) is 5.54 Å². The van der Waals surface area contributed by atoms with Gasteiger partial charge in [-0.2, -0.15) is 0 Å². The second-order valence-corrected chi connectivity index (χ2v) is 4.93. The van der Waals surface area contributed by atoms with Gasteiger partial charge < -0.3 is 10.4 Å². The molecule has 0 aromatic heterocycles. The number of carbonyl (C=O) groups excluding carboxylic acids is 1. The zero-order chi connectivity index (χ0) is 11.7. The van der Waals surface area contributed by atoms with E-state index >= 15 is 0 Å². The molecule has 1 amide bonds. The fourth-order valence-corrected chi connectivity index (χ4v) is 1.58. The highest BCUT2D eigenvalue weighted by atomic mass is 16.4. The second-order valence-electron chi connectivity index (χ2n) is 4.93. The summed E-state index contributed by atoms with van der Waals surface area (Å²) in [6, 6.07) is 0. The Morgan fingerprint density at radius 3 is 2.20 bits per heavy atom. The second kappa shape index (κ2) is 3.83. The summed E-state index contributed by atoms with van der Waals surface area (Å²) < 4.78 is 0. The molecule has 0 radical (unpaired) electrons. The van der Waals surface area contributed by atoms with Crippen LogP contribution in [0.25, 0.3) is 0 Å². The SMILES string of the molecule is CCC(C)(C)NC(=O)C1(C(=O)O)CCC1. The van der Waals surface area contributed by atoms with Gasteiger partial charge in [0.15, 0.2) is 0 Å². The minimum atomic E-state index is -1.15. The van der Waals surface area contributed by atoms with Gasteiger partial charge in [-0.15, -0.1) is 0 Å². The molecule has 1 rings (SSSR count). The van der Waals surface area contributed by atoms with Crippen LogP contribution in [-0.2, 0) is 9.59 Å². The van der Waals surface area contributed by atoms with Crippen LogP contribution in [-0.4, -0.2) is 22.5 Å². The minimum Gasteiger partial charge on any atom is -0.480 e. The van der Waals surface area contributed by atoms with E-state index in [1.807, 2.05) is 20.8 Å². The summed E-state index contributed by atoms with van der Waals surface area (Å²) in [6.07, 6.45) is 2.54. The molecule has 4 heteroatoms. The Labute approximate surface area is 90.0 Å². The summed E-state index contributed by atoms with van der Waals surface area (Å²) in [5.74, 6) is -1.31. The van der Waals surface area contributed by atoms with Crippen LogP contribution in [0.15, 0.2) is 0 Å². The molecule has 1 aliphatic carbocycles. The van der Waals surface area contributed by atoms with Crippen molar-refractivity contribution in [3.63, 3.8) is 0 Å². The van der Waals surface area contributed by atoms with Crippen LogP contribution in [0.2, 0.25) is 0 Å². The van der Waals surface area contributed by atoms with Crippen molar-refractivity contribution in [3.05, 3.63) is 0 Å². The van der Waals surface area contributed by atoms with E-state index in [2.05, 4.69) is 5.32 Å². The Balaban J connectivity index is 2.71. The van der Waals surface area contributed by atoms with Crippen molar-refractivity contribution in [2.24, 2.45) is 5.41 Å². The molecule has 0 bridgehead atoms. The maximum absolute atomic E-state index is 11.9. The van der Waals surface area contributed by atoms with Gasteiger partial charge in [0.25, 0.3) is 0 Å². The number of carboxylic acids is 1. The molecule has 1 aliphatic rings. The summed E-state index contributed by atoms with van der Waals surface area (Å²) >= 11 is 0. The summed E-state index contributed by atoms with van der Waals surface area (Å²) in [4.78, 5) is 22.9. The van der Waals surface area contributed by atoms with Crippen molar-refractivity contribution in [1.29, 1.82) is 0 Å². The number of rotatable bonds is 4. The Hall–Kier alpha value is -1.06. The van der Waals surface area contributed by atoms with Crippen molar-refractivity contribution in [3.8, 4) is 0 Å². The number of aliphatic carboxylic acids is 1. The maximum atomic E-state index is 11.9. The average Bonchev–Trinajstić information content (AvgIpc) is 2.00. The number of amides is 1. The summed E-state index contributed by atoms with van der Waals surface area (Å²) in [5.41, 5.74) is -1.47. The molecule has 0 aliphatic heterocycles. The third-order valence-corrected chi connectivity index (χ3v) is 3.39. The Morgan fingerprint density at radius 2 is 1.93 bits per heavy atom. The van der Waals surface area contributed by atoms with Crippen LogP contribution in [0.4, 0.5) is 0 Å². The lowest BCUT2D eigenvalue weighted by Crippen LogP contribution is -2.56. The van der Waals surface area contributed by atoms with Crippen LogP contribution in [0.5, 0.6) is 0 Å². The number of hydrogen-bond donors (Lipinski definition) is 2. The molecule has 15 heavy (non-hydrogen) atoms. The summed E-state index contributed by atoms with van der Waals surface area (Å²) in [7, 11) is 0. The topological polar surface area (TPSA) is 66.4 Å². The fraction of sp³-hybridized carbons (Fsp3) is 0.818. The van der Waals surface area contributed by atoms with Crippen molar-refractivity contribution in [2.45, 2.75) is 52.0 Å². The minimum absolute atomic E-state index is 0.324. The third-order valence-electron chi connectivity index (χ3n) is 3.39. The van der Waals surface area contributed by atoms with Gasteiger partial charge >= 0.3 is 5.97 Å². The highest BCUT2D eigenvalue weighted by Gasteiger charge is 2.51. The van der Waals surface area contributed by atoms with Gasteiger partial charge in [-0.3, -0.25) is 9.59 Å². The van der Waals surface area contributed by atoms with Gasteiger partial charge in [-0.25, -0.2) is 0 Å². The molecule has 0 aromatic carbocycles. The maximum Gasteiger partial charge on any atom is 0.319 e. The van der Waals surface area contributed by atoms with Crippen molar-refractivity contribution in [2.75, 3.05) is 0 Å². The zero-order valence-corrected chi connectivity index (χ0v) is 9.59. The van der Waals surface area contributed by atoms with Crippen LogP contribution in [0.3, 0.4) is 0 Å². The molecule has 4 nitrogen and oxygen atoms in total. The quantitative estimate of drug-likeness (QED) is 0.696. The standard InChI is InChI=1S/C11H19NO3/c1-4-10(2,3)12-8(13)11(9(14)15)6-5-7-11/h4-7H2,1-3H3,(H,12,13)(H,14,15). The van der Waals surface area contributed by atoms with E-state index in [0.29, 0.717) is 12.8 Å². The van der Waals surface area contributed by atoms with Gasteiger partial charge in [0.2, 0.25) is 5.91 Å². The number of nitrogens with one attached hydrogen (secondary N) is 1. The lowest BCUT2D eigenvalue weighted by atomic mass is 9.67. The molecular formula is C11H19NO3. The first-order valence-corrected chi connectivity index (χ1v) is 5.40. The van der Waals surface area contributed by atoms with E-state index in [0.717, 1.165) is 12.8 Å². The lowest BCUT2D eigenvalue weighted by molar-refractivity contribution is -0.162. The van der Waals surface area contributed by atoms with E-state index in [4.69, 9.17) is 5.11 Å². The Morgan fingerprint density at radius 1 is 1.40 bits per heavy atom. The van der Waals surface area contributed by atoms with E-state index in [9.17, 15) is 9.59 Å². The molecule has 86 valence electrons. The summed E-state index contributed by atoms with van der Waals surface area (Å²) in [5, 5.41) is 11.9. The van der Waals surface area contributed by atoms with E-state index in [-0.39, 0.29) is 11.4 Å². The summed E-state index contributed by atoms with van der Waals surface area (Å²) in [6.45, 7) is 5.77. The first-order valence-electron chi connectivity index (χ1n) is 5.40. The fourth-order valence-electron chi connectivity index (χ4n) is 1.58. The van der Waals surface area contributed by atoms with Gasteiger partial charge in [0.1, 0.15) is 5.41 Å². The number of carboxylic acid groups (broad SMARTS) is 1. The van der Waals surface area contributed by atoms with Crippen LogP contribution in [0.1, 0.15) is 46.5 Å². The Kier molecular flexibility index (Phi) is 3.07. The van der Waals surface area contributed by atoms with Crippen LogP contribution in [0, 0.1) is 5.41 Å². The predicted octanol–water partition coefficient (Wildman–Crippen LogP) is 1.55. The van der Waals surface area contributed by atoms with E-state index in [1.165, 1.54) is 0 Å². The molecular weight excluding hydrogens is 194 g/mol. The molecule has 0 atom stereocenters. The van der Waals surface area contributed by atoms with Crippen LogP contribution >= 0.6 is 0 Å². The zero-order valence-electron chi connectivity index (χ0n) is 9.59. The molecule has 2 N–H and O–H groups in total. The first kappa shape index (κ1) is 12.0. The smallest absolute Gasteiger partial charge is 0.319 e. The highest BCUT2D eigenvalue weighted by molar-refractivity contribution is 6.03. The number of carbonyl (C=O) groups is 2. The molecule has 0 heterocycles. The van der Waals surface area contributed by atoms with Crippen molar-refractivity contribution < 1.29 is 14.7 Å². The average molecular weight is 213 g/mol. The first-order chi connectivity index (χ1) is 6.84. The lowest BCUT2D eigenvalue weighted by Gasteiger charge is -2.38. The van der Waals surface area contributed by atoms with Crippen LogP contribution < -0.4 is 5.32 Å². The van der Waals surface area contributed by atoms with Crippen molar-refractivity contribution in [1.82, 2.24) is 5.32 Å². The largest absolute Gasteiger partial charge is 0.480 e. The van der Waals surface area contributed by atoms with E-state index in [1.54, 1.807) is 0 Å². The van der Waals surface area contributed by atoms with Gasteiger partial charge in [0.05, 0.1) is 0 Å². The molecule has 0 saturated heterocycles. The predicted molar refractivity (Wildman–Crippen MR) is 56.4 cm³/mol. The molecule has 1 saturated carbocycles. The Bertz CT molecular complexity index is 280.